The van der Waals surface area contributed by atoms with Gasteiger partial charge in [0.1, 0.15) is 0 Å². The number of allylic oxidation sites excluding steroid dienone is 2. The number of carbonyl (C=O) groups excluding carboxylic acids is 5. The van der Waals surface area contributed by atoms with E-state index in [0.29, 0.717) is 16.9 Å². The number of anilines is 2. The van der Waals surface area contributed by atoms with E-state index in [4.69, 9.17) is 4.74 Å². The second kappa shape index (κ2) is 8.61. The van der Waals surface area contributed by atoms with Crippen LogP contribution in [0.4, 0.5) is 11.4 Å². The van der Waals surface area contributed by atoms with E-state index in [9.17, 15) is 24.0 Å². The van der Waals surface area contributed by atoms with Gasteiger partial charge in [-0.05, 0) is 74.6 Å². The van der Waals surface area contributed by atoms with Crippen molar-refractivity contribution in [2.45, 2.75) is 20.3 Å². The number of Topliss-reactive ketones (excluding diaryl/α,β-unsaturated/α-hetero) is 1. The minimum absolute atomic E-state index is 0.0845. The molecule has 1 N–H and O–H groups in total. The fourth-order valence-electron chi connectivity index (χ4n) is 5.50. The zero-order valence-corrected chi connectivity index (χ0v) is 19.3. The molecule has 2 aromatic rings. The summed E-state index contributed by atoms with van der Waals surface area (Å²) in [6, 6.07) is 12.5. The molecule has 1 heterocycles. The number of amides is 3. The van der Waals surface area contributed by atoms with E-state index >= 15 is 0 Å². The number of hydrogen-bond acceptors (Lipinski definition) is 6. The van der Waals surface area contributed by atoms with Crippen molar-refractivity contribution < 1.29 is 28.7 Å². The van der Waals surface area contributed by atoms with Crippen molar-refractivity contribution in [3.8, 4) is 0 Å². The van der Waals surface area contributed by atoms with Crippen LogP contribution in [0.1, 0.15) is 41.0 Å². The number of nitrogens with zero attached hydrogens (tertiary/aromatic N) is 1. The molecule has 2 bridgehead atoms. The Balaban J connectivity index is 1.23. The maximum atomic E-state index is 13.2. The van der Waals surface area contributed by atoms with E-state index < -0.39 is 18.5 Å². The fraction of sp³-hybridized carbons (Fsp3) is 0.296. The molecule has 1 saturated carbocycles. The maximum Gasteiger partial charge on any atom is 0.338 e. The third kappa shape index (κ3) is 3.95. The van der Waals surface area contributed by atoms with Crippen LogP contribution < -0.4 is 10.2 Å². The van der Waals surface area contributed by atoms with Gasteiger partial charge in [-0.3, -0.25) is 19.2 Å². The average Bonchev–Trinajstić information content (AvgIpc) is 3.48. The minimum Gasteiger partial charge on any atom is -0.452 e. The number of fused-ring (bicyclic) bond motifs is 5. The molecule has 178 valence electrons. The molecule has 0 spiro atoms. The molecule has 5 rings (SSSR count). The smallest absolute Gasteiger partial charge is 0.338 e. The molecular weight excluding hydrogens is 448 g/mol. The molecule has 3 amide bonds. The van der Waals surface area contributed by atoms with Crippen molar-refractivity contribution in [2.24, 2.45) is 23.7 Å². The van der Waals surface area contributed by atoms with Gasteiger partial charge < -0.3 is 10.1 Å². The molecule has 3 aliphatic rings. The van der Waals surface area contributed by atoms with Gasteiger partial charge in [0.05, 0.1) is 23.1 Å². The molecule has 0 aromatic heterocycles. The third-order valence-corrected chi connectivity index (χ3v) is 7.13. The summed E-state index contributed by atoms with van der Waals surface area (Å²) in [6.45, 7) is 2.94. The summed E-state index contributed by atoms with van der Waals surface area (Å²) in [6.07, 6.45) is 2.96. The van der Waals surface area contributed by atoms with Crippen molar-refractivity contribution in [3.63, 3.8) is 0 Å². The van der Waals surface area contributed by atoms with Gasteiger partial charge >= 0.3 is 5.97 Å². The minimum atomic E-state index is -0.745. The van der Waals surface area contributed by atoms with E-state index in [1.54, 1.807) is 36.4 Å². The molecule has 0 radical (unpaired) electrons. The lowest BCUT2D eigenvalue weighted by Crippen LogP contribution is -2.33. The highest BCUT2D eigenvalue weighted by Gasteiger charge is 2.60. The Kier molecular flexibility index (Phi) is 5.59. The summed E-state index contributed by atoms with van der Waals surface area (Å²) in [5, 5.41) is 2.59. The SMILES string of the molecule is CC(=O)c1ccc(NC(=O)COC(=O)c2cccc(N3C(=O)[C@H]4[C@H](C3=O)[C@H]3C=C(C)[C@H]4C3)c2)cc1. The molecule has 8 nitrogen and oxygen atoms in total. The predicted octanol–water partition coefficient (Wildman–Crippen LogP) is 3.39. The zero-order valence-electron chi connectivity index (χ0n) is 19.3. The highest BCUT2D eigenvalue weighted by Crippen LogP contribution is 2.55. The van der Waals surface area contributed by atoms with Crippen molar-refractivity contribution in [2.75, 3.05) is 16.8 Å². The highest BCUT2D eigenvalue weighted by atomic mass is 16.5. The summed E-state index contributed by atoms with van der Waals surface area (Å²) < 4.78 is 5.13. The molecule has 8 heteroatoms. The summed E-state index contributed by atoms with van der Waals surface area (Å²) in [5.41, 5.74) is 2.62. The first kappa shape index (κ1) is 22.7. The number of rotatable bonds is 6. The number of carbonyl (C=O) groups is 5. The number of imide groups is 1. The van der Waals surface area contributed by atoms with Gasteiger partial charge in [0.25, 0.3) is 5.91 Å². The van der Waals surface area contributed by atoms with Crippen molar-refractivity contribution in [3.05, 3.63) is 71.3 Å². The number of benzene rings is 2. The standard InChI is InChI=1S/C27H24N2O6/c1-14-10-18-12-21(14)24-23(18)25(32)29(26(24)33)20-5-3-4-17(11-20)27(34)35-13-22(31)28-19-8-6-16(7-9-19)15(2)30/h3-11,18,21,23-24H,12-13H2,1-2H3,(H,28,31)/t18-,21+,23+,24+/m0/s1. The lowest BCUT2D eigenvalue weighted by atomic mass is 9.82. The molecule has 1 aliphatic heterocycles. The second-order valence-electron chi connectivity index (χ2n) is 9.29. The molecule has 1 saturated heterocycles. The normalized spacial score (nSPS) is 24.3. The van der Waals surface area contributed by atoms with E-state index in [-0.39, 0.29) is 46.8 Å². The highest BCUT2D eigenvalue weighted by molar-refractivity contribution is 6.23. The van der Waals surface area contributed by atoms with Crippen LogP contribution in [0.3, 0.4) is 0 Å². The van der Waals surface area contributed by atoms with E-state index in [1.807, 2.05) is 6.92 Å². The molecule has 4 atom stereocenters. The topological polar surface area (TPSA) is 110 Å². The third-order valence-electron chi connectivity index (χ3n) is 7.13. The van der Waals surface area contributed by atoms with E-state index in [1.165, 1.54) is 29.5 Å². The van der Waals surface area contributed by atoms with E-state index in [2.05, 4.69) is 11.4 Å². The number of esters is 1. The first-order chi connectivity index (χ1) is 16.7. The Hall–Kier alpha value is -4.07. The quantitative estimate of drug-likeness (QED) is 0.299. The summed E-state index contributed by atoms with van der Waals surface area (Å²) in [4.78, 5) is 63.5. The molecular formula is C27H24N2O6. The first-order valence-electron chi connectivity index (χ1n) is 11.5. The van der Waals surface area contributed by atoms with Crippen molar-refractivity contribution in [1.29, 1.82) is 0 Å². The molecule has 35 heavy (non-hydrogen) atoms. The van der Waals surface area contributed by atoms with Crippen LogP contribution >= 0.6 is 0 Å². The lowest BCUT2D eigenvalue weighted by molar-refractivity contribution is -0.123. The Bertz CT molecular complexity index is 1300. The van der Waals surface area contributed by atoms with Crippen LogP contribution in [-0.4, -0.2) is 36.1 Å². The number of nitrogens with one attached hydrogen (secondary N) is 1. The summed E-state index contributed by atoms with van der Waals surface area (Å²) in [5.74, 6) is -2.28. The van der Waals surface area contributed by atoms with Crippen LogP contribution in [0, 0.1) is 23.7 Å². The largest absolute Gasteiger partial charge is 0.452 e. The van der Waals surface area contributed by atoms with Gasteiger partial charge in [0.15, 0.2) is 12.4 Å². The molecule has 2 aromatic carbocycles. The maximum absolute atomic E-state index is 13.2. The zero-order chi connectivity index (χ0) is 24.9. The van der Waals surface area contributed by atoms with Crippen LogP contribution in [0.2, 0.25) is 0 Å². The van der Waals surface area contributed by atoms with Gasteiger partial charge in [0, 0.05) is 11.3 Å². The molecule has 2 fully saturated rings. The van der Waals surface area contributed by atoms with Crippen LogP contribution in [-0.2, 0) is 19.1 Å². The van der Waals surface area contributed by atoms with Gasteiger partial charge in [-0.25, -0.2) is 9.69 Å². The number of ether oxygens (including phenoxy) is 1. The Morgan fingerprint density at radius 3 is 2.43 bits per heavy atom. The molecule has 0 unspecified atom stereocenters. The lowest BCUT2D eigenvalue weighted by Gasteiger charge is -2.19. The monoisotopic (exact) mass is 472 g/mol. The summed E-state index contributed by atoms with van der Waals surface area (Å²) in [7, 11) is 0. The first-order valence-corrected chi connectivity index (χ1v) is 11.5. The predicted molar refractivity (Wildman–Crippen MR) is 127 cm³/mol. The number of hydrogen-bond donors (Lipinski definition) is 1. The van der Waals surface area contributed by atoms with Crippen molar-refractivity contribution >= 4 is 40.8 Å². The van der Waals surface area contributed by atoms with Gasteiger partial charge in [-0.2, -0.15) is 0 Å². The molecule has 2 aliphatic carbocycles. The summed E-state index contributed by atoms with van der Waals surface area (Å²) >= 11 is 0. The number of ketones is 1. The Labute approximate surface area is 201 Å². The van der Waals surface area contributed by atoms with Gasteiger partial charge in [0.2, 0.25) is 11.8 Å². The van der Waals surface area contributed by atoms with E-state index in [0.717, 1.165) is 6.42 Å². The fourth-order valence-corrected chi connectivity index (χ4v) is 5.50. The average molecular weight is 472 g/mol. The van der Waals surface area contributed by atoms with Crippen molar-refractivity contribution in [1.82, 2.24) is 0 Å². The Morgan fingerprint density at radius 1 is 1.00 bits per heavy atom. The second-order valence-corrected chi connectivity index (χ2v) is 9.29. The van der Waals surface area contributed by atoms with Crippen LogP contribution in [0.25, 0.3) is 0 Å². The van der Waals surface area contributed by atoms with Gasteiger partial charge in [-0.15, -0.1) is 0 Å². The Morgan fingerprint density at radius 2 is 1.71 bits per heavy atom. The van der Waals surface area contributed by atoms with Gasteiger partial charge in [-0.1, -0.05) is 17.7 Å². The van der Waals surface area contributed by atoms with Crippen LogP contribution in [0.5, 0.6) is 0 Å². The van der Waals surface area contributed by atoms with Crippen LogP contribution in [0.15, 0.2) is 60.2 Å².